The van der Waals surface area contributed by atoms with Crippen LogP contribution in [-0.4, -0.2) is 29.1 Å². The number of fused-ring (bicyclic) bond motifs is 1. The summed E-state index contributed by atoms with van der Waals surface area (Å²) >= 11 is 6.41. The minimum Gasteiger partial charge on any atom is -0.497 e. The number of carbonyl (C=O) groups is 1. The van der Waals surface area contributed by atoms with Crippen LogP contribution in [0.2, 0.25) is 5.02 Å². The Kier molecular flexibility index (Phi) is 5.31. The minimum atomic E-state index is -0.267. The molecule has 1 atom stereocenters. The lowest BCUT2D eigenvalue weighted by Crippen LogP contribution is -2.25. The number of amides is 1. The molecule has 1 saturated heterocycles. The van der Waals surface area contributed by atoms with Crippen LogP contribution >= 0.6 is 11.6 Å². The monoisotopic (exact) mass is 449 g/mol. The lowest BCUT2D eigenvalue weighted by atomic mass is 10.1. The highest BCUT2D eigenvalue weighted by Gasteiger charge is 2.35. The third-order valence-electron chi connectivity index (χ3n) is 5.87. The topological polar surface area (TPSA) is 47.4 Å². The van der Waals surface area contributed by atoms with E-state index >= 15 is 0 Å². The van der Waals surface area contributed by atoms with Crippen molar-refractivity contribution in [2.75, 3.05) is 18.6 Å². The summed E-state index contributed by atoms with van der Waals surface area (Å²) in [7, 11) is 1.58. The molecule has 0 spiro atoms. The second kappa shape index (κ2) is 8.28. The number of para-hydroxylation sites is 2. The lowest BCUT2D eigenvalue weighted by Gasteiger charge is -2.19. The van der Waals surface area contributed by atoms with E-state index in [1.54, 1.807) is 42.3 Å². The first kappa shape index (κ1) is 20.5. The number of hydrogen-bond donors (Lipinski definition) is 0. The molecule has 1 unspecified atom stereocenters. The van der Waals surface area contributed by atoms with Gasteiger partial charge in [-0.25, -0.2) is 9.37 Å². The molecule has 0 N–H and O–H groups in total. The van der Waals surface area contributed by atoms with Gasteiger partial charge in [-0.2, -0.15) is 0 Å². The Morgan fingerprint density at radius 1 is 1.12 bits per heavy atom. The van der Waals surface area contributed by atoms with E-state index in [9.17, 15) is 9.18 Å². The molecule has 0 saturated carbocycles. The van der Waals surface area contributed by atoms with E-state index < -0.39 is 0 Å². The Labute approximate surface area is 190 Å². The van der Waals surface area contributed by atoms with Gasteiger partial charge in [0, 0.05) is 31.5 Å². The van der Waals surface area contributed by atoms with Gasteiger partial charge in [-0.3, -0.25) is 4.79 Å². The first-order valence-corrected chi connectivity index (χ1v) is 10.7. The van der Waals surface area contributed by atoms with Crippen molar-refractivity contribution in [2.45, 2.75) is 18.9 Å². The molecule has 1 fully saturated rings. The van der Waals surface area contributed by atoms with Gasteiger partial charge in [-0.1, -0.05) is 35.9 Å². The van der Waals surface area contributed by atoms with Crippen molar-refractivity contribution in [2.24, 2.45) is 0 Å². The number of hydrogen-bond acceptors (Lipinski definition) is 3. The van der Waals surface area contributed by atoms with Crippen LogP contribution in [-0.2, 0) is 11.3 Å². The summed E-state index contributed by atoms with van der Waals surface area (Å²) in [6.07, 6.45) is 0.334. The fourth-order valence-corrected chi connectivity index (χ4v) is 4.50. The molecule has 0 bridgehead atoms. The van der Waals surface area contributed by atoms with E-state index in [0.717, 1.165) is 22.4 Å². The highest BCUT2D eigenvalue weighted by molar-refractivity contribution is 6.34. The summed E-state index contributed by atoms with van der Waals surface area (Å²) in [5.41, 5.74) is 3.46. The van der Waals surface area contributed by atoms with Crippen LogP contribution in [0.5, 0.6) is 5.75 Å². The average Bonchev–Trinajstić information content (AvgIpc) is 3.36. The zero-order chi connectivity index (χ0) is 22.2. The van der Waals surface area contributed by atoms with Crippen molar-refractivity contribution in [3.8, 4) is 5.75 Å². The standard InChI is InChI=1S/C25H21ClFN3O2/c1-32-19-10-11-20(26)23(13-19)29-15-17(12-24(29)31)25-28-21-4-2-3-5-22(21)30(25)14-16-6-8-18(27)9-7-16/h2-11,13,17H,12,14-15H2,1H3. The first-order chi connectivity index (χ1) is 15.5. The van der Waals surface area contributed by atoms with Crippen LogP contribution in [0.25, 0.3) is 11.0 Å². The number of anilines is 1. The molecule has 7 heteroatoms. The molecular formula is C25H21ClFN3O2. The van der Waals surface area contributed by atoms with Crippen LogP contribution in [0.3, 0.4) is 0 Å². The third kappa shape index (κ3) is 3.71. The predicted octanol–water partition coefficient (Wildman–Crippen LogP) is 5.41. The van der Waals surface area contributed by atoms with Gasteiger partial charge in [0.15, 0.2) is 0 Å². The number of halogens is 2. The van der Waals surface area contributed by atoms with Gasteiger partial charge in [-0.15, -0.1) is 0 Å². The fourth-order valence-electron chi connectivity index (χ4n) is 4.28. The summed E-state index contributed by atoms with van der Waals surface area (Å²) in [6.45, 7) is 1.01. The molecule has 1 aliphatic heterocycles. The van der Waals surface area contributed by atoms with Crippen molar-refractivity contribution in [3.05, 3.63) is 89.0 Å². The minimum absolute atomic E-state index is 0.00876. The van der Waals surface area contributed by atoms with Crippen LogP contribution < -0.4 is 9.64 Å². The van der Waals surface area contributed by atoms with Crippen molar-refractivity contribution in [3.63, 3.8) is 0 Å². The van der Waals surface area contributed by atoms with Gasteiger partial charge < -0.3 is 14.2 Å². The summed E-state index contributed by atoms with van der Waals surface area (Å²) < 4.78 is 20.8. The van der Waals surface area contributed by atoms with E-state index in [1.807, 2.05) is 24.3 Å². The Hall–Kier alpha value is -3.38. The summed E-state index contributed by atoms with van der Waals surface area (Å²) in [5, 5.41) is 0.500. The van der Waals surface area contributed by atoms with E-state index in [4.69, 9.17) is 21.3 Å². The highest BCUT2D eigenvalue weighted by atomic mass is 35.5. The maximum atomic E-state index is 13.4. The number of benzene rings is 3. The van der Waals surface area contributed by atoms with Gasteiger partial charge in [0.05, 0.1) is 28.9 Å². The van der Waals surface area contributed by atoms with Gasteiger partial charge in [0.25, 0.3) is 0 Å². The number of nitrogens with zero attached hydrogens (tertiary/aromatic N) is 3. The third-order valence-corrected chi connectivity index (χ3v) is 6.19. The second-order valence-corrected chi connectivity index (χ2v) is 8.30. The molecule has 0 radical (unpaired) electrons. The molecule has 32 heavy (non-hydrogen) atoms. The van der Waals surface area contributed by atoms with Gasteiger partial charge >= 0.3 is 0 Å². The maximum Gasteiger partial charge on any atom is 0.227 e. The van der Waals surface area contributed by atoms with Crippen LogP contribution in [0.4, 0.5) is 10.1 Å². The number of aromatic nitrogens is 2. The summed E-state index contributed by atoms with van der Waals surface area (Å²) in [4.78, 5) is 19.6. The number of methoxy groups -OCH3 is 1. The Morgan fingerprint density at radius 3 is 2.69 bits per heavy atom. The van der Waals surface area contributed by atoms with Crippen molar-refractivity contribution in [1.82, 2.24) is 9.55 Å². The molecule has 2 heterocycles. The molecule has 5 nitrogen and oxygen atoms in total. The Morgan fingerprint density at radius 2 is 1.91 bits per heavy atom. The van der Waals surface area contributed by atoms with E-state index in [2.05, 4.69) is 4.57 Å². The first-order valence-electron chi connectivity index (χ1n) is 10.4. The maximum absolute atomic E-state index is 13.4. The van der Waals surface area contributed by atoms with Crippen LogP contribution in [0, 0.1) is 5.82 Å². The van der Waals surface area contributed by atoms with Crippen LogP contribution in [0.15, 0.2) is 66.7 Å². The molecule has 1 aliphatic rings. The second-order valence-electron chi connectivity index (χ2n) is 7.89. The molecule has 1 aromatic heterocycles. The zero-order valence-corrected chi connectivity index (χ0v) is 18.2. The van der Waals surface area contributed by atoms with E-state index in [1.165, 1.54) is 12.1 Å². The molecule has 5 rings (SSSR count). The highest BCUT2D eigenvalue weighted by Crippen LogP contribution is 2.38. The van der Waals surface area contributed by atoms with Gasteiger partial charge in [-0.05, 0) is 42.0 Å². The SMILES string of the molecule is COc1ccc(Cl)c(N2CC(c3nc4ccccc4n3Cc3ccc(F)cc3)CC2=O)c1. The number of carbonyl (C=O) groups excluding carboxylic acids is 1. The largest absolute Gasteiger partial charge is 0.497 e. The molecule has 162 valence electrons. The van der Waals surface area contributed by atoms with Crippen molar-refractivity contribution >= 4 is 34.2 Å². The van der Waals surface area contributed by atoms with Gasteiger partial charge in [0.2, 0.25) is 5.91 Å². The molecule has 1 amide bonds. The smallest absolute Gasteiger partial charge is 0.227 e. The predicted molar refractivity (Wildman–Crippen MR) is 123 cm³/mol. The number of imidazole rings is 1. The van der Waals surface area contributed by atoms with Crippen molar-refractivity contribution < 1.29 is 13.9 Å². The molecular weight excluding hydrogens is 429 g/mol. The average molecular weight is 450 g/mol. The van der Waals surface area contributed by atoms with Gasteiger partial charge in [0.1, 0.15) is 17.4 Å². The summed E-state index contributed by atoms with van der Waals surface area (Å²) in [5.74, 6) is 1.11. The normalized spacial score (nSPS) is 16.2. The van der Waals surface area contributed by atoms with Crippen molar-refractivity contribution in [1.29, 1.82) is 0 Å². The number of rotatable bonds is 5. The summed E-state index contributed by atoms with van der Waals surface area (Å²) in [6, 6.07) is 19.7. The Bertz CT molecular complexity index is 1300. The number of ether oxygens (including phenoxy) is 1. The lowest BCUT2D eigenvalue weighted by molar-refractivity contribution is -0.117. The molecule has 3 aromatic carbocycles. The van der Waals surface area contributed by atoms with E-state index in [0.29, 0.717) is 36.0 Å². The van der Waals surface area contributed by atoms with E-state index in [-0.39, 0.29) is 17.6 Å². The fraction of sp³-hybridized carbons (Fsp3) is 0.200. The quantitative estimate of drug-likeness (QED) is 0.409. The Balaban J connectivity index is 1.52. The molecule has 0 aliphatic carbocycles. The molecule has 4 aromatic rings. The van der Waals surface area contributed by atoms with Crippen LogP contribution in [0.1, 0.15) is 23.7 Å². The zero-order valence-electron chi connectivity index (χ0n) is 17.5.